The van der Waals surface area contributed by atoms with Gasteiger partial charge in [0.25, 0.3) is 0 Å². The third kappa shape index (κ3) is 2.84. The topological polar surface area (TPSA) is 32.5 Å². The first-order chi connectivity index (χ1) is 9.34. The molecule has 110 valence electrons. The fourth-order valence-electron chi connectivity index (χ4n) is 4.63. The molecule has 0 spiro atoms. The zero-order chi connectivity index (χ0) is 13.1. The van der Waals surface area contributed by atoms with E-state index in [1.807, 2.05) is 0 Å². The SMILES string of the molecule is NCC1(N2CCN3CCCC3C2)CCCCCCC1. The summed E-state index contributed by atoms with van der Waals surface area (Å²) >= 11 is 0. The van der Waals surface area contributed by atoms with Gasteiger partial charge in [0.2, 0.25) is 0 Å². The highest BCUT2D eigenvalue weighted by atomic mass is 15.3. The summed E-state index contributed by atoms with van der Waals surface area (Å²) in [6.45, 7) is 6.05. The Morgan fingerprint density at radius 1 is 0.895 bits per heavy atom. The van der Waals surface area contributed by atoms with Gasteiger partial charge in [-0.3, -0.25) is 9.80 Å². The predicted octanol–water partition coefficient (Wildman–Crippen LogP) is 2.21. The maximum Gasteiger partial charge on any atom is 0.0332 e. The zero-order valence-corrected chi connectivity index (χ0v) is 12.4. The molecular formula is C16H31N3. The standard InChI is InChI=1S/C16H31N3/c17-14-16(8-4-2-1-3-5-9-16)19-12-11-18-10-6-7-15(18)13-19/h15H,1-14,17H2. The first kappa shape index (κ1) is 13.8. The van der Waals surface area contributed by atoms with Crippen LogP contribution >= 0.6 is 0 Å². The first-order valence-corrected chi connectivity index (χ1v) is 8.53. The van der Waals surface area contributed by atoms with E-state index < -0.39 is 0 Å². The van der Waals surface area contributed by atoms with Gasteiger partial charge in [-0.05, 0) is 32.2 Å². The maximum absolute atomic E-state index is 6.27. The summed E-state index contributed by atoms with van der Waals surface area (Å²) in [6, 6.07) is 0.836. The molecule has 3 fully saturated rings. The monoisotopic (exact) mass is 265 g/mol. The van der Waals surface area contributed by atoms with E-state index in [-0.39, 0.29) is 0 Å². The van der Waals surface area contributed by atoms with Gasteiger partial charge >= 0.3 is 0 Å². The van der Waals surface area contributed by atoms with Crippen LogP contribution in [0.3, 0.4) is 0 Å². The van der Waals surface area contributed by atoms with Crippen molar-refractivity contribution in [1.29, 1.82) is 0 Å². The third-order valence-electron chi connectivity index (χ3n) is 5.92. The number of piperazine rings is 1. The molecule has 0 radical (unpaired) electrons. The molecular weight excluding hydrogens is 234 g/mol. The minimum atomic E-state index is 0.342. The molecule has 0 bridgehead atoms. The molecule has 2 heterocycles. The Balaban J connectivity index is 1.69. The van der Waals surface area contributed by atoms with Gasteiger partial charge < -0.3 is 5.73 Å². The number of rotatable bonds is 2. The minimum absolute atomic E-state index is 0.342. The van der Waals surface area contributed by atoms with Crippen LogP contribution in [0.5, 0.6) is 0 Å². The van der Waals surface area contributed by atoms with Gasteiger partial charge in [-0.15, -0.1) is 0 Å². The van der Waals surface area contributed by atoms with E-state index in [4.69, 9.17) is 5.73 Å². The lowest BCUT2D eigenvalue weighted by atomic mass is 9.81. The second-order valence-corrected chi connectivity index (χ2v) is 6.97. The Bertz CT molecular complexity index is 284. The Hall–Kier alpha value is -0.120. The molecule has 1 atom stereocenters. The lowest BCUT2D eigenvalue weighted by molar-refractivity contribution is 0.00350. The maximum atomic E-state index is 6.27. The molecule has 1 saturated carbocycles. The number of nitrogens with two attached hydrogens (primary N) is 1. The van der Waals surface area contributed by atoms with Gasteiger partial charge in [0.05, 0.1) is 0 Å². The average Bonchev–Trinajstić information content (AvgIpc) is 2.86. The van der Waals surface area contributed by atoms with Crippen LogP contribution in [-0.2, 0) is 0 Å². The quantitative estimate of drug-likeness (QED) is 0.831. The molecule has 3 rings (SSSR count). The molecule has 2 saturated heterocycles. The van der Waals surface area contributed by atoms with Crippen LogP contribution < -0.4 is 5.73 Å². The lowest BCUT2D eigenvalue weighted by Gasteiger charge is -2.50. The molecule has 1 unspecified atom stereocenters. The Kier molecular flexibility index (Phi) is 4.45. The van der Waals surface area contributed by atoms with Gasteiger partial charge in [0, 0.05) is 37.8 Å². The highest BCUT2D eigenvalue weighted by Gasteiger charge is 2.40. The molecule has 3 nitrogen and oxygen atoms in total. The smallest absolute Gasteiger partial charge is 0.0332 e. The molecule has 0 aromatic heterocycles. The normalized spacial score (nSPS) is 33.6. The molecule has 2 aliphatic heterocycles. The van der Waals surface area contributed by atoms with E-state index in [1.165, 1.54) is 84.0 Å². The highest BCUT2D eigenvalue weighted by molar-refractivity contribution is 4.98. The number of nitrogens with zero attached hydrogens (tertiary/aromatic N) is 2. The van der Waals surface area contributed by atoms with Crippen LogP contribution in [-0.4, -0.2) is 54.1 Å². The van der Waals surface area contributed by atoms with Crippen LogP contribution in [0.25, 0.3) is 0 Å². The van der Waals surface area contributed by atoms with E-state index in [2.05, 4.69) is 9.80 Å². The van der Waals surface area contributed by atoms with Gasteiger partial charge in [0.1, 0.15) is 0 Å². The lowest BCUT2D eigenvalue weighted by Crippen LogP contribution is -2.62. The molecule has 0 aromatic carbocycles. The summed E-state index contributed by atoms with van der Waals surface area (Å²) in [5, 5.41) is 0. The fourth-order valence-corrected chi connectivity index (χ4v) is 4.63. The van der Waals surface area contributed by atoms with Gasteiger partial charge in [-0.1, -0.05) is 32.1 Å². The third-order valence-corrected chi connectivity index (χ3v) is 5.92. The first-order valence-electron chi connectivity index (χ1n) is 8.53. The van der Waals surface area contributed by atoms with Crippen LogP contribution in [0.15, 0.2) is 0 Å². The van der Waals surface area contributed by atoms with E-state index in [0.29, 0.717) is 5.54 Å². The summed E-state index contributed by atoms with van der Waals surface area (Å²) in [6.07, 6.45) is 12.6. The second kappa shape index (κ2) is 6.11. The van der Waals surface area contributed by atoms with Crippen molar-refractivity contribution in [2.45, 2.75) is 69.4 Å². The molecule has 2 N–H and O–H groups in total. The molecule has 0 aromatic rings. The number of hydrogen-bond acceptors (Lipinski definition) is 3. The zero-order valence-electron chi connectivity index (χ0n) is 12.4. The van der Waals surface area contributed by atoms with Crippen molar-refractivity contribution in [3.05, 3.63) is 0 Å². The summed E-state index contributed by atoms with van der Waals surface area (Å²) in [7, 11) is 0. The molecule has 3 heteroatoms. The van der Waals surface area contributed by atoms with Crippen molar-refractivity contribution in [3.63, 3.8) is 0 Å². The van der Waals surface area contributed by atoms with Crippen molar-refractivity contribution in [2.24, 2.45) is 5.73 Å². The highest BCUT2D eigenvalue weighted by Crippen LogP contribution is 2.34. The summed E-state index contributed by atoms with van der Waals surface area (Å²) in [5.41, 5.74) is 6.61. The van der Waals surface area contributed by atoms with E-state index in [1.54, 1.807) is 0 Å². The molecule has 1 aliphatic carbocycles. The Labute approximate surface area is 118 Å². The predicted molar refractivity (Wildman–Crippen MR) is 80.3 cm³/mol. The molecule has 3 aliphatic rings. The van der Waals surface area contributed by atoms with Crippen molar-refractivity contribution >= 4 is 0 Å². The summed E-state index contributed by atoms with van der Waals surface area (Å²) in [5.74, 6) is 0. The van der Waals surface area contributed by atoms with Gasteiger partial charge in [0.15, 0.2) is 0 Å². The molecule has 0 amide bonds. The summed E-state index contributed by atoms with van der Waals surface area (Å²) < 4.78 is 0. The van der Waals surface area contributed by atoms with Crippen LogP contribution in [0, 0.1) is 0 Å². The van der Waals surface area contributed by atoms with Crippen molar-refractivity contribution in [2.75, 3.05) is 32.7 Å². The van der Waals surface area contributed by atoms with Crippen molar-refractivity contribution in [1.82, 2.24) is 9.80 Å². The van der Waals surface area contributed by atoms with Crippen LogP contribution in [0.1, 0.15) is 57.8 Å². The Morgan fingerprint density at radius 3 is 2.37 bits per heavy atom. The van der Waals surface area contributed by atoms with E-state index >= 15 is 0 Å². The fraction of sp³-hybridized carbons (Fsp3) is 1.00. The molecule has 19 heavy (non-hydrogen) atoms. The van der Waals surface area contributed by atoms with Crippen molar-refractivity contribution < 1.29 is 0 Å². The number of hydrogen-bond donors (Lipinski definition) is 1. The van der Waals surface area contributed by atoms with Gasteiger partial charge in [-0.25, -0.2) is 0 Å². The largest absolute Gasteiger partial charge is 0.329 e. The van der Waals surface area contributed by atoms with E-state index in [9.17, 15) is 0 Å². The summed E-state index contributed by atoms with van der Waals surface area (Å²) in [4.78, 5) is 5.51. The minimum Gasteiger partial charge on any atom is -0.329 e. The number of fused-ring (bicyclic) bond motifs is 1. The van der Waals surface area contributed by atoms with E-state index in [0.717, 1.165) is 12.6 Å². The van der Waals surface area contributed by atoms with Crippen LogP contribution in [0.2, 0.25) is 0 Å². The average molecular weight is 265 g/mol. The second-order valence-electron chi connectivity index (χ2n) is 6.97. The van der Waals surface area contributed by atoms with Crippen LogP contribution in [0.4, 0.5) is 0 Å². The Morgan fingerprint density at radius 2 is 1.63 bits per heavy atom. The van der Waals surface area contributed by atoms with Crippen molar-refractivity contribution in [3.8, 4) is 0 Å². The van der Waals surface area contributed by atoms with Gasteiger partial charge in [-0.2, -0.15) is 0 Å².